The summed E-state index contributed by atoms with van der Waals surface area (Å²) < 4.78 is 5.82. The Hall–Kier alpha value is -0.830. The SMILES string of the molecule is C=C(C)[C@@H]1CC[C@]2(C)CC[C@]3(C)[C@H](CC[C@@H]4[C@@]5(C)[C@H](O)C[C@@H](OC(C)=O)C(C)(C)[C@@H]5CC[C@]43C)[C@@H]12. The molecule has 5 saturated carbocycles. The number of hydrogen-bond acceptors (Lipinski definition) is 3. The van der Waals surface area contributed by atoms with E-state index in [0.29, 0.717) is 35.0 Å². The molecule has 0 aromatic heterocycles. The van der Waals surface area contributed by atoms with Crippen molar-refractivity contribution in [2.75, 3.05) is 0 Å². The van der Waals surface area contributed by atoms with Gasteiger partial charge in [0.25, 0.3) is 0 Å². The molecule has 0 unspecified atom stereocenters. The van der Waals surface area contributed by atoms with Gasteiger partial charge in [0, 0.05) is 24.2 Å². The third kappa shape index (κ3) is 3.21. The van der Waals surface area contributed by atoms with Crippen molar-refractivity contribution in [1.82, 2.24) is 0 Å². The lowest BCUT2D eigenvalue weighted by Crippen LogP contribution is -2.69. The van der Waals surface area contributed by atoms with Crippen molar-refractivity contribution in [3.63, 3.8) is 0 Å². The van der Waals surface area contributed by atoms with Crippen molar-refractivity contribution in [2.45, 2.75) is 125 Å². The van der Waals surface area contributed by atoms with E-state index in [9.17, 15) is 9.90 Å². The molecule has 0 heterocycles. The molecular weight excluding hydrogens is 432 g/mol. The maximum Gasteiger partial charge on any atom is 0.302 e. The molecule has 0 saturated heterocycles. The van der Waals surface area contributed by atoms with Crippen molar-refractivity contribution >= 4 is 5.97 Å². The molecule has 0 aromatic carbocycles. The zero-order valence-corrected chi connectivity index (χ0v) is 23.9. The lowest BCUT2D eigenvalue weighted by molar-refractivity contribution is -0.275. The zero-order chi connectivity index (χ0) is 25.8. The minimum atomic E-state index is -0.418. The summed E-state index contributed by atoms with van der Waals surface area (Å²) in [7, 11) is 0. The number of rotatable bonds is 2. The summed E-state index contributed by atoms with van der Waals surface area (Å²) in [6.45, 7) is 23.1. The normalized spacial score (nSPS) is 54.6. The molecule has 35 heavy (non-hydrogen) atoms. The fourth-order valence-corrected chi connectivity index (χ4v) is 11.8. The molecule has 0 amide bonds. The highest BCUT2D eigenvalue weighted by Crippen LogP contribution is 2.77. The quantitative estimate of drug-likeness (QED) is 0.325. The van der Waals surface area contributed by atoms with Crippen molar-refractivity contribution in [3.8, 4) is 0 Å². The van der Waals surface area contributed by atoms with Crippen LogP contribution in [0.25, 0.3) is 0 Å². The third-order valence-electron chi connectivity index (χ3n) is 13.9. The number of hydrogen-bond donors (Lipinski definition) is 1. The molecule has 5 aliphatic rings. The van der Waals surface area contributed by atoms with Gasteiger partial charge in [0.15, 0.2) is 0 Å². The molecule has 5 fully saturated rings. The molecule has 198 valence electrons. The predicted molar refractivity (Wildman–Crippen MR) is 142 cm³/mol. The van der Waals surface area contributed by atoms with E-state index in [4.69, 9.17) is 4.74 Å². The maximum absolute atomic E-state index is 11.9. The zero-order valence-electron chi connectivity index (χ0n) is 23.9. The summed E-state index contributed by atoms with van der Waals surface area (Å²) in [6.07, 6.45) is 10.2. The predicted octanol–water partition coefficient (Wildman–Crippen LogP) is 7.57. The molecule has 3 nitrogen and oxygen atoms in total. The van der Waals surface area contributed by atoms with Gasteiger partial charge in [-0.1, -0.05) is 53.7 Å². The van der Waals surface area contributed by atoms with E-state index >= 15 is 0 Å². The Morgan fingerprint density at radius 1 is 0.857 bits per heavy atom. The summed E-state index contributed by atoms with van der Waals surface area (Å²) in [5.74, 6) is 2.86. The Morgan fingerprint density at radius 3 is 2.17 bits per heavy atom. The molecule has 0 bridgehead atoms. The van der Waals surface area contributed by atoms with E-state index in [0.717, 1.165) is 18.3 Å². The first-order valence-corrected chi connectivity index (χ1v) is 14.6. The number of carbonyl (C=O) groups is 1. The third-order valence-corrected chi connectivity index (χ3v) is 13.9. The number of carbonyl (C=O) groups excluding carboxylic acids is 1. The van der Waals surface area contributed by atoms with Gasteiger partial charge in [0.05, 0.1) is 6.10 Å². The number of aliphatic hydroxyl groups is 1. The van der Waals surface area contributed by atoms with Gasteiger partial charge in [-0.15, -0.1) is 0 Å². The van der Waals surface area contributed by atoms with Crippen LogP contribution in [0, 0.1) is 56.7 Å². The summed E-state index contributed by atoms with van der Waals surface area (Å²) in [5, 5.41) is 11.8. The Bertz CT molecular complexity index is 906. The van der Waals surface area contributed by atoms with E-state index in [-0.39, 0.29) is 28.3 Å². The fraction of sp³-hybridized carbons (Fsp3) is 0.906. The fourth-order valence-electron chi connectivity index (χ4n) is 11.8. The average molecular weight is 485 g/mol. The average Bonchev–Trinajstić information content (AvgIpc) is 3.10. The second-order valence-electron chi connectivity index (χ2n) is 15.4. The van der Waals surface area contributed by atoms with Gasteiger partial charge in [0.1, 0.15) is 6.10 Å². The Morgan fingerprint density at radius 2 is 1.54 bits per heavy atom. The van der Waals surface area contributed by atoms with E-state index < -0.39 is 6.10 Å². The van der Waals surface area contributed by atoms with Gasteiger partial charge >= 0.3 is 5.97 Å². The Kier molecular flexibility index (Phi) is 5.78. The summed E-state index contributed by atoms with van der Waals surface area (Å²) >= 11 is 0. The van der Waals surface area contributed by atoms with E-state index in [2.05, 4.69) is 55.0 Å². The van der Waals surface area contributed by atoms with Crippen molar-refractivity contribution in [3.05, 3.63) is 12.2 Å². The largest absolute Gasteiger partial charge is 0.462 e. The minimum Gasteiger partial charge on any atom is -0.462 e. The molecule has 1 N–H and O–H groups in total. The first-order valence-electron chi connectivity index (χ1n) is 14.6. The van der Waals surface area contributed by atoms with Gasteiger partial charge in [-0.25, -0.2) is 0 Å². The number of esters is 1. The second-order valence-corrected chi connectivity index (χ2v) is 15.4. The smallest absolute Gasteiger partial charge is 0.302 e. The van der Waals surface area contributed by atoms with Gasteiger partial charge in [-0.2, -0.15) is 0 Å². The minimum absolute atomic E-state index is 0.125. The second kappa shape index (κ2) is 7.84. The van der Waals surface area contributed by atoms with Crippen LogP contribution in [0.3, 0.4) is 0 Å². The summed E-state index contributed by atoms with van der Waals surface area (Å²) in [5.41, 5.74) is 2.17. The van der Waals surface area contributed by atoms with Gasteiger partial charge in [-0.3, -0.25) is 4.79 Å². The summed E-state index contributed by atoms with van der Waals surface area (Å²) in [6, 6.07) is 0. The number of allylic oxidation sites excluding steroid dienone is 1. The lowest BCUT2D eigenvalue weighted by Gasteiger charge is -2.73. The highest BCUT2D eigenvalue weighted by atomic mass is 16.5. The summed E-state index contributed by atoms with van der Waals surface area (Å²) in [4.78, 5) is 11.9. The first kappa shape index (κ1) is 25.8. The molecule has 0 spiro atoms. The van der Waals surface area contributed by atoms with Crippen LogP contribution in [0.15, 0.2) is 12.2 Å². The maximum atomic E-state index is 11.9. The van der Waals surface area contributed by atoms with Crippen LogP contribution in [0.5, 0.6) is 0 Å². The number of aliphatic hydroxyl groups excluding tert-OH is 1. The van der Waals surface area contributed by atoms with E-state index in [1.54, 1.807) is 0 Å². The van der Waals surface area contributed by atoms with Crippen LogP contribution in [0.2, 0.25) is 0 Å². The van der Waals surface area contributed by atoms with Gasteiger partial charge < -0.3 is 9.84 Å². The van der Waals surface area contributed by atoms with Crippen LogP contribution < -0.4 is 0 Å². The van der Waals surface area contributed by atoms with Crippen molar-refractivity contribution in [2.24, 2.45) is 56.7 Å². The van der Waals surface area contributed by atoms with Crippen molar-refractivity contribution < 1.29 is 14.6 Å². The van der Waals surface area contributed by atoms with Gasteiger partial charge in [-0.05, 0) is 104 Å². The monoisotopic (exact) mass is 484 g/mol. The van der Waals surface area contributed by atoms with Crippen molar-refractivity contribution in [1.29, 1.82) is 0 Å². The van der Waals surface area contributed by atoms with Crippen LogP contribution in [0.4, 0.5) is 0 Å². The lowest BCUT2D eigenvalue weighted by atomic mass is 9.32. The topological polar surface area (TPSA) is 46.5 Å². The van der Waals surface area contributed by atoms with Crippen LogP contribution >= 0.6 is 0 Å². The molecule has 0 radical (unpaired) electrons. The molecule has 3 heteroatoms. The Labute approximate surface area is 214 Å². The molecule has 5 aliphatic carbocycles. The molecular formula is C32H52O3. The molecule has 5 rings (SSSR count). The van der Waals surface area contributed by atoms with E-state index in [1.165, 1.54) is 57.4 Å². The highest BCUT2D eigenvalue weighted by molar-refractivity contribution is 5.66. The van der Waals surface area contributed by atoms with E-state index in [1.807, 2.05) is 0 Å². The number of ether oxygens (including phenoxy) is 1. The molecule has 0 aromatic rings. The number of fused-ring (bicyclic) bond motifs is 7. The van der Waals surface area contributed by atoms with Crippen LogP contribution in [-0.2, 0) is 9.53 Å². The standard InChI is InChI=1S/C32H52O3/c1-19(2)21-12-14-29(6)16-17-30(7)22(27(21)29)10-11-24-31(30,8)15-13-23-28(4,5)26(35-20(3)33)18-25(34)32(23,24)9/h21-27,34H,1,10-18H2,2-9H3/t21-,22+,23-,24-,25+,26+,27+,29+,30+,31+,32-/m0/s1. The van der Waals surface area contributed by atoms with Gasteiger partial charge in [0.2, 0.25) is 0 Å². The molecule has 11 atom stereocenters. The van der Waals surface area contributed by atoms with Crippen LogP contribution in [0.1, 0.15) is 113 Å². The highest BCUT2D eigenvalue weighted by Gasteiger charge is 2.72. The van der Waals surface area contributed by atoms with Crippen LogP contribution in [-0.4, -0.2) is 23.3 Å². The first-order chi connectivity index (χ1) is 16.1. The molecule has 0 aliphatic heterocycles. The Balaban J connectivity index is 1.53.